The average molecular weight is 213 g/mol. The van der Waals surface area contributed by atoms with E-state index in [4.69, 9.17) is 9.26 Å². The van der Waals surface area contributed by atoms with Gasteiger partial charge < -0.3 is 14.6 Å². The molecule has 0 aliphatic heterocycles. The molecule has 0 aromatic carbocycles. The molecule has 0 spiro atoms. The Morgan fingerprint density at radius 3 is 3.00 bits per heavy atom. The molecule has 0 fully saturated rings. The largest absolute Gasteiger partial charge is 0.382 e. The van der Waals surface area contributed by atoms with Gasteiger partial charge in [0.1, 0.15) is 0 Å². The zero-order chi connectivity index (χ0) is 10.9. The molecule has 0 saturated carbocycles. The van der Waals surface area contributed by atoms with Crippen LogP contribution in [-0.2, 0) is 17.7 Å². The first-order valence-corrected chi connectivity index (χ1v) is 5.46. The highest BCUT2D eigenvalue weighted by Gasteiger charge is 2.04. The van der Waals surface area contributed by atoms with E-state index in [9.17, 15) is 0 Å². The maximum absolute atomic E-state index is 5.22. The van der Waals surface area contributed by atoms with Crippen molar-refractivity contribution in [1.29, 1.82) is 0 Å². The van der Waals surface area contributed by atoms with Crippen molar-refractivity contribution in [1.82, 2.24) is 15.5 Å². The molecule has 0 aliphatic rings. The smallest absolute Gasteiger partial charge is 0.226 e. The van der Waals surface area contributed by atoms with Crippen molar-refractivity contribution in [3.63, 3.8) is 0 Å². The predicted molar refractivity (Wildman–Crippen MR) is 56.5 cm³/mol. The van der Waals surface area contributed by atoms with E-state index in [0.717, 1.165) is 38.4 Å². The molecule has 0 amide bonds. The minimum absolute atomic E-state index is 0.672. The lowest BCUT2D eigenvalue weighted by Gasteiger charge is -1.96. The Morgan fingerprint density at radius 2 is 2.27 bits per heavy atom. The number of ether oxygens (including phenoxy) is 1. The van der Waals surface area contributed by atoms with Crippen molar-refractivity contribution < 1.29 is 9.26 Å². The third-order valence-corrected chi connectivity index (χ3v) is 1.93. The summed E-state index contributed by atoms with van der Waals surface area (Å²) in [7, 11) is 0. The first kappa shape index (κ1) is 12.1. The van der Waals surface area contributed by atoms with Crippen LogP contribution in [-0.4, -0.2) is 29.9 Å². The second-order valence-corrected chi connectivity index (χ2v) is 3.19. The fraction of sp³-hybridized carbons (Fsp3) is 0.800. The standard InChI is InChI=1S/C10H19N3O2/c1-3-11-8-9-12-10(15-13-9)6-5-7-14-4-2/h11H,3-8H2,1-2H3. The minimum atomic E-state index is 0.672. The van der Waals surface area contributed by atoms with Gasteiger partial charge in [0.25, 0.3) is 0 Å². The van der Waals surface area contributed by atoms with E-state index in [1.165, 1.54) is 0 Å². The summed E-state index contributed by atoms with van der Waals surface area (Å²) in [5, 5.41) is 7.01. The van der Waals surface area contributed by atoms with Gasteiger partial charge in [0.15, 0.2) is 5.82 Å². The number of rotatable bonds is 8. The summed E-state index contributed by atoms with van der Waals surface area (Å²) in [4.78, 5) is 4.25. The van der Waals surface area contributed by atoms with Crippen LogP contribution in [0, 0.1) is 0 Å². The van der Waals surface area contributed by atoms with Crippen molar-refractivity contribution in [3.05, 3.63) is 11.7 Å². The first-order valence-electron chi connectivity index (χ1n) is 5.46. The Bertz CT molecular complexity index is 263. The summed E-state index contributed by atoms with van der Waals surface area (Å²) in [5.74, 6) is 1.42. The second-order valence-electron chi connectivity index (χ2n) is 3.19. The van der Waals surface area contributed by atoms with Crippen LogP contribution in [0.5, 0.6) is 0 Å². The zero-order valence-electron chi connectivity index (χ0n) is 9.45. The number of nitrogens with zero attached hydrogens (tertiary/aromatic N) is 2. The third-order valence-electron chi connectivity index (χ3n) is 1.93. The van der Waals surface area contributed by atoms with Crippen molar-refractivity contribution in [2.24, 2.45) is 0 Å². The summed E-state index contributed by atoms with van der Waals surface area (Å²) in [6, 6.07) is 0. The molecule has 5 heteroatoms. The Labute approximate surface area is 90.2 Å². The van der Waals surface area contributed by atoms with Gasteiger partial charge in [0, 0.05) is 19.6 Å². The second kappa shape index (κ2) is 7.36. The summed E-state index contributed by atoms with van der Waals surface area (Å²) in [6.45, 7) is 7.13. The lowest BCUT2D eigenvalue weighted by Crippen LogP contribution is -2.12. The molecular formula is C10H19N3O2. The summed E-state index contributed by atoms with van der Waals surface area (Å²) in [6.07, 6.45) is 1.72. The highest BCUT2D eigenvalue weighted by molar-refractivity contribution is 4.85. The van der Waals surface area contributed by atoms with Gasteiger partial charge in [-0.15, -0.1) is 0 Å². The number of aromatic nitrogens is 2. The molecule has 1 N–H and O–H groups in total. The molecule has 86 valence electrons. The van der Waals surface area contributed by atoms with Gasteiger partial charge in [-0.3, -0.25) is 0 Å². The van der Waals surface area contributed by atoms with Crippen LogP contribution in [0.15, 0.2) is 4.52 Å². The Hall–Kier alpha value is -0.940. The lowest BCUT2D eigenvalue weighted by molar-refractivity contribution is 0.143. The fourth-order valence-corrected chi connectivity index (χ4v) is 1.17. The van der Waals surface area contributed by atoms with E-state index in [0.29, 0.717) is 12.4 Å². The molecule has 0 unspecified atom stereocenters. The maximum atomic E-state index is 5.22. The van der Waals surface area contributed by atoms with Crippen LogP contribution < -0.4 is 5.32 Å². The van der Waals surface area contributed by atoms with Crippen molar-refractivity contribution in [2.45, 2.75) is 33.2 Å². The third kappa shape index (κ3) is 4.90. The van der Waals surface area contributed by atoms with E-state index in [-0.39, 0.29) is 0 Å². The topological polar surface area (TPSA) is 60.2 Å². The van der Waals surface area contributed by atoms with Crippen LogP contribution in [0.3, 0.4) is 0 Å². The summed E-state index contributed by atoms with van der Waals surface area (Å²) >= 11 is 0. The van der Waals surface area contributed by atoms with E-state index in [2.05, 4.69) is 15.5 Å². The lowest BCUT2D eigenvalue weighted by atomic mass is 10.3. The number of nitrogens with one attached hydrogen (secondary N) is 1. The molecule has 0 bridgehead atoms. The van der Waals surface area contributed by atoms with Crippen molar-refractivity contribution in [3.8, 4) is 0 Å². The van der Waals surface area contributed by atoms with E-state index in [1.807, 2.05) is 13.8 Å². The van der Waals surface area contributed by atoms with Crippen molar-refractivity contribution >= 4 is 0 Å². The molecule has 1 heterocycles. The maximum Gasteiger partial charge on any atom is 0.226 e. The molecule has 1 aromatic heterocycles. The molecule has 0 radical (unpaired) electrons. The highest BCUT2D eigenvalue weighted by Crippen LogP contribution is 2.01. The highest BCUT2D eigenvalue weighted by atomic mass is 16.5. The average Bonchev–Trinajstić information content (AvgIpc) is 2.69. The molecule has 5 nitrogen and oxygen atoms in total. The van der Waals surface area contributed by atoms with Gasteiger partial charge in [-0.05, 0) is 19.9 Å². The summed E-state index contributed by atoms with van der Waals surface area (Å²) < 4.78 is 10.3. The Balaban J connectivity index is 2.20. The molecule has 0 aliphatic carbocycles. The molecule has 0 atom stereocenters. The summed E-state index contributed by atoms with van der Waals surface area (Å²) in [5.41, 5.74) is 0. The van der Waals surface area contributed by atoms with E-state index < -0.39 is 0 Å². The van der Waals surface area contributed by atoms with Gasteiger partial charge in [-0.2, -0.15) is 4.98 Å². The normalized spacial score (nSPS) is 10.8. The van der Waals surface area contributed by atoms with Crippen LogP contribution in [0.4, 0.5) is 0 Å². The van der Waals surface area contributed by atoms with Gasteiger partial charge >= 0.3 is 0 Å². The van der Waals surface area contributed by atoms with E-state index >= 15 is 0 Å². The molecular weight excluding hydrogens is 194 g/mol. The van der Waals surface area contributed by atoms with Crippen molar-refractivity contribution in [2.75, 3.05) is 19.8 Å². The van der Waals surface area contributed by atoms with Gasteiger partial charge in [0.2, 0.25) is 5.89 Å². The van der Waals surface area contributed by atoms with Crippen LogP contribution in [0.25, 0.3) is 0 Å². The van der Waals surface area contributed by atoms with Gasteiger partial charge in [-0.1, -0.05) is 12.1 Å². The first-order chi connectivity index (χ1) is 7.36. The SMILES string of the molecule is CCNCc1noc(CCCOCC)n1. The molecule has 1 rings (SSSR count). The Morgan fingerprint density at radius 1 is 1.40 bits per heavy atom. The molecule has 15 heavy (non-hydrogen) atoms. The van der Waals surface area contributed by atoms with Crippen LogP contribution in [0.1, 0.15) is 32.0 Å². The van der Waals surface area contributed by atoms with E-state index in [1.54, 1.807) is 0 Å². The number of hydrogen-bond acceptors (Lipinski definition) is 5. The van der Waals surface area contributed by atoms with Crippen LogP contribution in [0.2, 0.25) is 0 Å². The molecule has 0 saturated heterocycles. The quantitative estimate of drug-likeness (QED) is 0.656. The number of aryl methyl sites for hydroxylation is 1. The van der Waals surface area contributed by atoms with Gasteiger partial charge in [-0.25, -0.2) is 0 Å². The Kier molecular flexibility index (Phi) is 5.96. The predicted octanol–water partition coefficient (Wildman–Crippen LogP) is 1.15. The van der Waals surface area contributed by atoms with Gasteiger partial charge in [0.05, 0.1) is 6.54 Å². The van der Waals surface area contributed by atoms with Crippen LogP contribution >= 0.6 is 0 Å². The number of hydrogen-bond donors (Lipinski definition) is 1. The minimum Gasteiger partial charge on any atom is -0.382 e. The molecule has 1 aromatic rings. The zero-order valence-corrected chi connectivity index (χ0v) is 9.45. The fourth-order valence-electron chi connectivity index (χ4n) is 1.17. The monoisotopic (exact) mass is 213 g/mol.